The average Bonchev–Trinajstić information content (AvgIpc) is 2.20. The predicted molar refractivity (Wildman–Crippen MR) is 72.9 cm³/mol. The molecule has 0 bridgehead atoms. The molecule has 1 rings (SSSR count). The first-order chi connectivity index (χ1) is 7.04. The van der Waals surface area contributed by atoms with Gasteiger partial charge in [0.05, 0.1) is 5.70 Å². The van der Waals surface area contributed by atoms with E-state index in [-0.39, 0.29) is 0 Å². The zero-order valence-corrected chi connectivity index (χ0v) is 12.0. The van der Waals surface area contributed by atoms with Crippen LogP contribution in [0.2, 0.25) is 0 Å². The van der Waals surface area contributed by atoms with E-state index in [2.05, 4.69) is 63.4 Å². The summed E-state index contributed by atoms with van der Waals surface area (Å²) in [5.74, 6) is 0.572. The number of hydrogen-bond donors (Lipinski definition) is 0. The molecule has 1 aliphatic heterocycles. The van der Waals surface area contributed by atoms with Crippen LogP contribution in [0.15, 0.2) is 40.4 Å². The number of allylic oxidation sites excluding steroid dienone is 2. The van der Waals surface area contributed by atoms with E-state index in [1.807, 2.05) is 17.3 Å². The Morgan fingerprint density at radius 3 is 2.87 bits per heavy atom. The summed E-state index contributed by atoms with van der Waals surface area (Å²) in [7, 11) is 0. The predicted octanol–water partition coefficient (Wildman–Crippen LogP) is 4.36. The van der Waals surface area contributed by atoms with Gasteiger partial charge in [-0.3, -0.25) is 0 Å². The van der Waals surface area contributed by atoms with E-state index in [1.165, 1.54) is 0 Å². The summed E-state index contributed by atoms with van der Waals surface area (Å²) >= 11 is 6.71. The standard InChI is InChI=1S/C11H14Br2N2/c1-4-8(2)5-6-15-7-10(12)14-11(13)9(15)3/h5-8H,3-4H2,1-2H3/b6-5-. The van der Waals surface area contributed by atoms with Crippen LogP contribution in [0.3, 0.4) is 0 Å². The molecule has 15 heavy (non-hydrogen) atoms. The lowest BCUT2D eigenvalue weighted by Gasteiger charge is -2.21. The second kappa shape index (κ2) is 5.66. The molecule has 0 aromatic carbocycles. The fraction of sp³-hybridized carbons (Fsp3) is 0.364. The van der Waals surface area contributed by atoms with E-state index in [4.69, 9.17) is 0 Å². The van der Waals surface area contributed by atoms with Crippen LogP contribution in [0.25, 0.3) is 0 Å². The maximum Gasteiger partial charge on any atom is 0.130 e. The lowest BCUT2D eigenvalue weighted by atomic mass is 10.1. The number of hydrogen-bond acceptors (Lipinski definition) is 2. The van der Waals surface area contributed by atoms with Gasteiger partial charge in [-0.15, -0.1) is 0 Å². The highest BCUT2D eigenvalue weighted by molar-refractivity contribution is 9.18. The van der Waals surface area contributed by atoms with Crippen LogP contribution in [0.4, 0.5) is 0 Å². The second-order valence-corrected chi connectivity index (χ2v) is 5.00. The molecule has 0 amide bonds. The van der Waals surface area contributed by atoms with Crippen LogP contribution in [-0.2, 0) is 0 Å². The van der Waals surface area contributed by atoms with Crippen molar-refractivity contribution in [1.29, 1.82) is 0 Å². The average molecular weight is 334 g/mol. The lowest BCUT2D eigenvalue weighted by molar-refractivity contribution is 0.627. The Kier molecular flexibility index (Phi) is 4.80. The molecule has 0 saturated carbocycles. The summed E-state index contributed by atoms with van der Waals surface area (Å²) in [6.07, 6.45) is 7.21. The summed E-state index contributed by atoms with van der Waals surface area (Å²) in [5, 5.41) is 0. The van der Waals surface area contributed by atoms with Gasteiger partial charge in [-0.1, -0.05) is 32.9 Å². The Morgan fingerprint density at radius 1 is 1.60 bits per heavy atom. The van der Waals surface area contributed by atoms with Crippen LogP contribution in [-0.4, -0.2) is 9.52 Å². The van der Waals surface area contributed by atoms with Crippen molar-refractivity contribution in [2.75, 3.05) is 0 Å². The summed E-state index contributed by atoms with van der Waals surface area (Å²) < 4.78 is 1.54. The molecular weight excluding hydrogens is 320 g/mol. The molecule has 1 atom stereocenters. The summed E-state index contributed by atoms with van der Waals surface area (Å²) in [5.41, 5.74) is 0.845. The van der Waals surface area contributed by atoms with Crippen LogP contribution in [0.1, 0.15) is 20.3 Å². The van der Waals surface area contributed by atoms with E-state index < -0.39 is 0 Å². The Balaban J connectivity index is 2.76. The molecule has 1 aliphatic rings. The Bertz CT molecular complexity index is 342. The maximum absolute atomic E-state index is 4.20. The Morgan fingerprint density at radius 2 is 2.27 bits per heavy atom. The number of rotatable bonds is 3. The highest BCUT2D eigenvalue weighted by Crippen LogP contribution is 2.23. The molecule has 0 N–H and O–H groups in total. The fourth-order valence-electron chi connectivity index (χ4n) is 0.995. The van der Waals surface area contributed by atoms with E-state index in [1.54, 1.807) is 0 Å². The Labute approximate surface area is 108 Å². The van der Waals surface area contributed by atoms with Crippen LogP contribution in [0.5, 0.6) is 0 Å². The van der Waals surface area contributed by atoms with Crippen molar-refractivity contribution in [2.24, 2.45) is 10.9 Å². The maximum atomic E-state index is 4.20. The molecular formula is C11H14Br2N2. The minimum atomic E-state index is 0.572. The Hall–Kier alpha value is -0.350. The van der Waals surface area contributed by atoms with Crippen LogP contribution in [0, 0.1) is 5.92 Å². The van der Waals surface area contributed by atoms with Crippen molar-refractivity contribution >= 4 is 36.5 Å². The van der Waals surface area contributed by atoms with Crippen LogP contribution < -0.4 is 0 Å². The van der Waals surface area contributed by atoms with E-state index in [9.17, 15) is 0 Å². The van der Waals surface area contributed by atoms with Gasteiger partial charge in [0.1, 0.15) is 9.23 Å². The quantitative estimate of drug-likeness (QED) is 0.700. The van der Waals surface area contributed by atoms with Crippen molar-refractivity contribution in [3.8, 4) is 0 Å². The molecule has 2 nitrogen and oxygen atoms in total. The van der Waals surface area contributed by atoms with Gasteiger partial charge in [-0.25, -0.2) is 4.99 Å². The first-order valence-corrected chi connectivity index (χ1v) is 6.40. The summed E-state index contributed by atoms with van der Waals surface area (Å²) in [6.45, 7) is 8.30. The molecule has 0 aromatic heterocycles. The molecule has 0 saturated heterocycles. The first kappa shape index (κ1) is 12.7. The summed E-state index contributed by atoms with van der Waals surface area (Å²) in [4.78, 5) is 6.15. The normalized spacial score (nSPS) is 19.2. The van der Waals surface area contributed by atoms with Crippen LogP contribution >= 0.6 is 31.9 Å². The third-order valence-corrected chi connectivity index (χ3v) is 3.24. The fourth-order valence-corrected chi connectivity index (χ4v) is 2.03. The zero-order valence-electron chi connectivity index (χ0n) is 8.87. The van der Waals surface area contributed by atoms with E-state index in [0.717, 1.165) is 21.3 Å². The second-order valence-electron chi connectivity index (χ2n) is 3.44. The zero-order chi connectivity index (χ0) is 11.4. The topological polar surface area (TPSA) is 15.6 Å². The highest BCUT2D eigenvalue weighted by Gasteiger charge is 2.12. The van der Waals surface area contributed by atoms with Crippen molar-refractivity contribution in [1.82, 2.24) is 4.90 Å². The number of nitrogens with zero attached hydrogens (tertiary/aromatic N) is 2. The third kappa shape index (κ3) is 3.61. The van der Waals surface area contributed by atoms with Gasteiger partial charge >= 0.3 is 0 Å². The molecule has 0 aliphatic carbocycles. The molecule has 0 radical (unpaired) electrons. The van der Waals surface area contributed by atoms with Crippen molar-refractivity contribution in [3.05, 3.63) is 35.4 Å². The van der Waals surface area contributed by atoms with Gasteiger partial charge < -0.3 is 4.90 Å². The SMILES string of the molecule is C=C1C(Br)=NC(Br)=CN1/C=C\C(C)CC. The molecule has 4 heteroatoms. The van der Waals surface area contributed by atoms with Crippen molar-refractivity contribution < 1.29 is 0 Å². The molecule has 1 unspecified atom stereocenters. The molecule has 0 fully saturated rings. The monoisotopic (exact) mass is 332 g/mol. The van der Waals surface area contributed by atoms with E-state index >= 15 is 0 Å². The minimum absolute atomic E-state index is 0.572. The molecule has 0 aromatic rings. The molecule has 82 valence electrons. The van der Waals surface area contributed by atoms with E-state index in [0.29, 0.717) is 5.92 Å². The van der Waals surface area contributed by atoms with Gasteiger partial charge in [-0.05, 0) is 37.8 Å². The van der Waals surface area contributed by atoms with Crippen molar-refractivity contribution in [3.63, 3.8) is 0 Å². The minimum Gasteiger partial charge on any atom is -0.320 e. The van der Waals surface area contributed by atoms with Gasteiger partial charge in [0, 0.05) is 12.4 Å². The van der Waals surface area contributed by atoms with Gasteiger partial charge in [0.25, 0.3) is 0 Å². The first-order valence-electron chi connectivity index (χ1n) is 4.82. The van der Waals surface area contributed by atoms with Gasteiger partial charge in [-0.2, -0.15) is 0 Å². The van der Waals surface area contributed by atoms with Gasteiger partial charge in [0.2, 0.25) is 0 Å². The smallest absolute Gasteiger partial charge is 0.130 e. The molecule has 0 spiro atoms. The van der Waals surface area contributed by atoms with Gasteiger partial charge in [0.15, 0.2) is 0 Å². The number of halogens is 2. The molecule has 1 heterocycles. The van der Waals surface area contributed by atoms with Crippen molar-refractivity contribution in [2.45, 2.75) is 20.3 Å². The summed E-state index contributed by atoms with van der Waals surface area (Å²) in [6, 6.07) is 0. The third-order valence-electron chi connectivity index (χ3n) is 2.22. The lowest BCUT2D eigenvalue weighted by Crippen LogP contribution is -2.16. The number of aliphatic imine (C=N–C) groups is 1. The largest absolute Gasteiger partial charge is 0.320 e. The highest BCUT2D eigenvalue weighted by atomic mass is 79.9.